The van der Waals surface area contributed by atoms with Gasteiger partial charge in [0.2, 0.25) is 11.8 Å². The molecule has 8 heteroatoms. The lowest BCUT2D eigenvalue weighted by Crippen LogP contribution is -2.43. The summed E-state index contributed by atoms with van der Waals surface area (Å²) in [7, 11) is 1.49. The highest BCUT2D eigenvalue weighted by molar-refractivity contribution is 5.86. The smallest absolute Gasteiger partial charge is 0.245 e. The van der Waals surface area contributed by atoms with Crippen LogP contribution in [0.15, 0.2) is 5.11 Å². The summed E-state index contributed by atoms with van der Waals surface area (Å²) in [5, 5.41) is 6.83. The SMILES string of the molecule is CNC(=O)[C@@H]1C[C@@H](CN=[N+]=[N-])ON1C(C)=O. The molecule has 0 aromatic heterocycles. The first kappa shape index (κ1) is 12.3. The van der Waals surface area contributed by atoms with Crippen molar-refractivity contribution in [2.75, 3.05) is 13.6 Å². The van der Waals surface area contributed by atoms with Crippen molar-refractivity contribution in [2.24, 2.45) is 5.11 Å². The minimum Gasteiger partial charge on any atom is -0.357 e. The Morgan fingerprint density at radius 3 is 2.88 bits per heavy atom. The molecule has 1 heterocycles. The van der Waals surface area contributed by atoms with E-state index in [2.05, 4.69) is 15.3 Å². The van der Waals surface area contributed by atoms with Crippen LogP contribution in [-0.2, 0) is 14.4 Å². The molecule has 16 heavy (non-hydrogen) atoms. The minimum atomic E-state index is -0.651. The number of likely N-dealkylation sites (N-methyl/N-ethyl adjacent to an activating group) is 1. The Morgan fingerprint density at radius 1 is 1.69 bits per heavy atom. The van der Waals surface area contributed by atoms with Crippen molar-refractivity contribution in [2.45, 2.75) is 25.5 Å². The van der Waals surface area contributed by atoms with Crippen LogP contribution in [0.25, 0.3) is 10.4 Å². The summed E-state index contributed by atoms with van der Waals surface area (Å²) in [6.07, 6.45) is -0.0970. The monoisotopic (exact) mass is 227 g/mol. The van der Waals surface area contributed by atoms with Crippen LogP contribution in [0, 0.1) is 0 Å². The standard InChI is InChI=1S/C8H13N5O3/c1-5(14)13-7(8(15)10-2)3-6(16-13)4-11-12-9/h6-7H,3-4H2,1-2H3,(H,10,15)/t6-,7-/m0/s1. The number of carbonyl (C=O) groups excluding carboxylic acids is 2. The van der Waals surface area contributed by atoms with Gasteiger partial charge in [0, 0.05) is 25.3 Å². The minimum absolute atomic E-state index is 0.105. The van der Waals surface area contributed by atoms with Crippen molar-refractivity contribution in [3.8, 4) is 0 Å². The molecule has 0 spiro atoms. The van der Waals surface area contributed by atoms with E-state index in [1.807, 2.05) is 0 Å². The number of hydroxylamine groups is 2. The van der Waals surface area contributed by atoms with Gasteiger partial charge in [0.05, 0.1) is 12.6 Å². The van der Waals surface area contributed by atoms with Crippen molar-refractivity contribution in [1.29, 1.82) is 0 Å². The summed E-state index contributed by atoms with van der Waals surface area (Å²) in [6, 6.07) is -0.651. The zero-order chi connectivity index (χ0) is 12.1. The Kier molecular flexibility index (Phi) is 4.10. The number of rotatable bonds is 3. The molecule has 0 aliphatic carbocycles. The molecular formula is C8H13N5O3. The number of azide groups is 1. The topological polar surface area (TPSA) is 107 Å². The molecular weight excluding hydrogens is 214 g/mol. The summed E-state index contributed by atoms with van der Waals surface area (Å²) in [5.74, 6) is -0.643. The van der Waals surface area contributed by atoms with E-state index in [1.54, 1.807) is 0 Å². The van der Waals surface area contributed by atoms with Gasteiger partial charge in [-0.2, -0.15) is 0 Å². The highest BCUT2D eigenvalue weighted by Crippen LogP contribution is 2.21. The lowest BCUT2D eigenvalue weighted by Gasteiger charge is -2.19. The second-order valence-corrected chi connectivity index (χ2v) is 3.35. The van der Waals surface area contributed by atoms with Gasteiger partial charge in [-0.3, -0.25) is 14.4 Å². The lowest BCUT2D eigenvalue weighted by molar-refractivity contribution is -0.186. The highest BCUT2D eigenvalue weighted by atomic mass is 16.7. The van der Waals surface area contributed by atoms with Gasteiger partial charge in [0.25, 0.3) is 0 Å². The first-order valence-corrected chi connectivity index (χ1v) is 4.79. The van der Waals surface area contributed by atoms with Crippen molar-refractivity contribution in [1.82, 2.24) is 10.4 Å². The Morgan fingerprint density at radius 2 is 2.38 bits per heavy atom. The van der Waals surface area contributed by atoms with Crippen LogP contribution in [0.3, 0.4) is 0 Å². The molecule has 0 bridgehead atoms. The van der Waals surface area contributed by atoms with Gasteiger partial charge in [-0.25, -0.2) is 5.06 Å². The molecule has 0 radical (unpaired) electrons. The van der Waals surface area contributed by atoms with E-state index in [-0.39, 0.29) is 18.4 Å². The van der Waals surface area contributed by atoms with Gasteiger partial charge in [0.1, 0.15) is 6.04 Å². The van der Waals surface area contributed by atoms with Crippen LogP contribution in [0.5, 0.6) is 0 Å². The van der Waals surface area contributed by atoms with Crippen molar-refractivity contribution in [3.05, 3.63) is 10.4 Å². The maximum atomic E-state index is 11.5. The zero-order valence-electron chi connectivity index (χ0n) is 9.08. The van der Waals surface area contributed by atoms with Crippen LogP contribution in [0.2, 0.25) is 0 Å². The zero-order valence-corrected chi connectivity index (χ0v) is 9.08. The number of carbonyl (C=O) groups is 2. The second kappa shape index (κ2) is 5.34. The molecule has 1 saturated heterocycles. The van der Waals surface area contributed by atoms with Crippen molar-refractivity contribution in [3.63, 3.8) is 0 Å². The van der Waals surface area contributed by atoms with Gasteiger partial charge in [-0.15, -0.1) is 0 Å². The number of hydrogen-bond donors (Lipinski definition) is 1. The third-order valence-electron chi connectivity index (χ3n) is 2.24. The molecule has 2 atom stereocenters. The fraction of sp³-hybridized carbons (Fsp3) is 0.750. The van der Waals surface area contributed by atoms with Crippen molar-refractivity contribution < 1.29 is 14.4 Å². The fourth-order valence-corrected chi connectivity index (χ4v) is 1.53. The number of nitrogens with zero attached hydrogens (tertiary/aromatic N) is 4. The van der Waals surface area contributed by atoms with E-state index in [0.29, 0.717) is 6.42 Å². The maximum absolute atomic E-state index is 11.5. The summed E-state index contributed by atoms with van der Waals surface area (Å²) in [4.78, 5) is 30.5. The Labute approximate surface area is 92.1 Å². The van der Waals surface area contributed by atoms with E-state index in [9.17, 15) is 9.59 Å². The third kappa shape index (κ3) is 2.62. The molecule has 0 saturated carbocycles. The van der Waals surface area contributed by atoms with E-state index >= 15 is 0 Å². The Hall–Kier alpha value is -1.79. The third-order valence-corrected chi connectivity index (χ3v) is 2.24. The Balaban J connectivity index is 2.71. The second-order valence-electron chi connectivity index (χ2n) is 3.35. The largest absolute Gasteiger partial charge is 0.357 e. The molecule has 2 amide bonds. The molecule has 88 valence electrons. The van der Waals surface area contributed by atoms with Crippen LogP contribution in [0.1, 0.15) is 13.3 Å². The molecule has 0 aromatic rings. The molecule has 0 aromatic carbocycles. The average molecular weight is 227 g/mol. The van der Waals surface area contributed by atoms with Gasteiger partial charge in [-0.1, -0.05) is 5.11 Å². The molecule has 1 aliphatic rings. The van der Waals surface area contributed by atoms with E-state index in [4.69, 9.17) is 10.4 Å². The summed E-state index contributed by atoms with van der Waals surface area (Å²) in [6.45, 7) is 1.42. The van der Waals surface area contributed by atoms with Crippen LogP contribution < -0.4 is 5.32 Å². The number of nitrogens with one attached hydrogen (secondary N) is 1. The van der Waals surface area contributed by atoms with Crippen LogP contribution in [0.4, 0.5) is 0 Å². The van der Waals surface area contributed by atoms with Gasteiger partial charge in [-0.05, 0) is 5.53 Å². The average Bonchev–Trinajstić information content (AvgIpc) is 2.69. The number of hydrogen-bond acceptors (Lipinski definition) is 4. The number of amides is 2. The fourth-order valence-electron chi connectivity index (χ4n) is 1.53. The van der Waals surface area contributed by atoms with E-state index in [0.717, 1.165) is 5.06 Å². The van der Waals surface area contributed by atoms with Gasteiger partial charge in [0.15, 0.2) is 0 Å². The predicted octanol–water partition coefficient (Wildman–Crippen LogP) is -0.0363. The molecule has 1 fully saturated rings. The quantitative estimate of drug-likeness (QED) is 0.415. The first-order chi connectivity index (χ1) is 7.60. The van der Waals surface area contributed by atoms with E-state index < -0.39 is 12.1 Å². The summed E-state index contributed by atoms with van der Waals surface area (Å²) in [5.41, 5.74) is 8.17. The lowest BCUT2D eigenvalue weighted by atomic mass is 10.1. The normalized spacial score (nSPS) is 23.8. The molecule has 8 nitrogen and oxygen atoms in total. The van der Waals surface area contributed by atoms with Gasteiger partial charge >= 0.3 is 0 Å². The van der Waals surface area contributed by atoms with Crippen LogP contribution in [-0.4, -0.2) is 42.6 Å². The summed E-state index contributed by atoms with van der Waals surface area (Å²) >= 11 is 0. The molecule has 0 unspecified atom stereocenters. The molecule has 1 rings (SSSR count). The first-order valence-electron chi connectivity index (χ1n) is 4.79. The highest BCUT2D eigenvalue weighted by Gasteiger charge is 2.39. The molecule has 1 N–H and O–H groups in total. The predicted molar refractivity (Wildman–Crippen MR) is 53.9 cm³/mol. The Bertz CT molecular complexity index is 339. The summed E-state index contributed by atoms with van der Waals surface area (Å²) < 4.78 is 0. The van der Waals surface area contributed by atoms with Gasteiger partial charge < -0.3 is 5.32 Å². The maximum Gasteiger partial charge on any atom is 0.245 e. The van der Waals surface area contributed by atoms with E-state index in [1.165, 1.54) is 14.0 Å². The van der Waals surface area contributed by atoms with Crippen molar-refractivity contribution >= 4 is 11.8 Å². The van der Waals surface area contributed by atoms with Crippen LogP contribution >= 0.6 is 0 Å². The molecule has 1 aliphatic heterocycles.